The first-order chi connectivity index (χ1) is 9.65. The van der Waals surface area contributed by atoms with E-state index < -0.39 is 0 Å². The average molecular weight is 266 g/mol. The number of fused-ring (bicyclic) bond motifs is 1. The van der Waals surface area contributed by atoms with Crippen LogP contribution < -0.4 is 0 Å². The van der Waals surface area contributed by atoms with Crippen LogP contribution in [0.4, 0.5) is 0 Å². The summed E-state index contributed by atoms with van der Waals surface area (Å²) in [6, 6.07) is 9.82. The van der Waals surface area contributed by atoms with Gasteiger partial charge in [0.25, 0.3) is 0 Å². The molecule has 0 aliphatic heterocycles. The normalized spacial score (nSPS) is 11.1. The molecule has 20 heavy (non-hydrogen) atoms. The minimum atomic E-state index is 0.144. The maximum Gasteiger partial charge on any atom is 0.155 e. The number of allylic oxidation sites excluding steroid dienone is 1. The van der Waals surface area contributed by atoms with Crippen molar-refractivity contribution >= 4 is 28.9 Å². The van der Waals surface area contributed by atoms with Crippen LogP contribution in [0, 0.1) is 6.92 Å². The van der Waals surface area contributed by atoms with Crippen molar-refractivity contribution in [2.45, 2.75) is 26.7 Å². The summed E-state index contributed by atoms with van der Waals surface area (Å²) in [6.45, 7) is 3.92. The second-order valence-electron chi connectivity index (χ2n) is 4.94. The third kappa shape index (κ3) is 3.02. The molecule has 0 aliphatic carbocycles. The molecule has 2 aromatic rings. The lowest BCUT2D eigenvalue weighted by atomic mass is 9.98. The van der Waals surface area contributed by atoms with Gasteiger partial charge in [-0.2, -0.15) is 0 Å². The number of rotatable bonds is 5. The maximum absolute atomic E-state index is 11.5. The van der Waals surface area contributed by atoms with E-state index in [2.05, 4.69) is 0 Å². The van der Waals surface area contributed by atoms with E-state index in [4.69, 9.17) is 0 Å². The lowest BCUT2D eigenvalue weighted by Gasteiger charge is -2.05. The molecule has 0 saturated carbocycles. The molecule has 0 fully saturated rings. The first-order valence-corrected chi connectivity index (χ1v) is 6.85. The van der Waals surface area contributed by atoms with E-state index in [9.17, 15) is 9.59 Å². The summed E-state index contributed by atoms with van der Waals surface area (Å²) in [4.78, 5) is 22.6. The first-order valence-electron chi connectivity index (χ1n) is 6.85. The summed E-state index contributed by atoms with van der Waals surface area (Å²) in [5, 5.41) is 1.97. The van der Waals surface area contributed by atoms with Crippen molar-refractivity contribution in [1.82, 2.24) is 0 Å². The molecule has 0 bridgehead atoms. The zero-order valence-electron chi connectivity index (χ0n) is 11.8. The molecule has 2 heteroatoms. The van der Waals surface area contributed by atoms with Gasteiger partial charge in [-0.25, -0.2) is 0 Å². The Kier molecular flexibility index (Phi) is 4.46. The Morgan fingerprint density at radius 1 is 1.20 bits per heavy atom. The fourth-order valence-electron chi connectivity index (χ4n) is 2.26. The number of hydrogen-bond donors (Lipinski definition) is 0. The fourth-order valence-corrected chi connectivity index (χ4v) is 2.26. The number of aldehydes is 1. The van der Waals surface area contributed by atoms with Crippen LogP contribution in [0.5, 0.6) is 0 Å². The molecular formula is C18H18O2. The molecule has 0 amide bonds. The SMILES string of the molecule is CCCC(=O)/C=C/c1ccc2c(C=O)c(C)ccc2c1. The van der Waals surface area contributed by atoms with E-state index >= 15 is 0 Å². The molecule has 0 aromatic heterocycles. The molecule has 0 atom stereocenters. The van der Waals surface area contributed by atoms with Gasteiger partial charge < -0.3 is 0 Å². The van der Waals surface area contributed by atoms with E-state index in [1.165, 1.54) is 0 Å². The molecule has 2 aromatic carbocycles. The number of benzene rings is 2. The molecule has 0 radical (unpaired) electrons. The van der Waals surface area contributed by atoms with Crippen LogP contribution in [0.15, 0.2) is 36.4 Å². The Morgan fingerprint density at radius 2 is 2.00 bits per heavy atom. The zero-order valence-corrected chi connectivity index (χ0v) is 11.8. The standard InChI is InChI=1S/C18H18O2/c1-3-4-16(20)9-6-14-7-10-17-15(11-14)8-5-13(2)18(17)12-19/h5-12H,3-4H2,1-2H3/b9-6+. The number of hydrogen-bond acceptors (Lipinski definition) is 2. The fraction of sp³-hybridized carbons (Fsp3) is 0.222. The molecule has 0 saturated heterocycles. The van der Waals surface area contributed by atoms with Gasteiger partial charge in [-0.1, -0.05) is 37.3 Å². The van der Waals surface area contributed by atoms with Crippen molar-refractivity contribution in [2.75, 3.05) is 0 Å². The molecule has 102 valence electrons. The predicted molar refractivity (Wildman–Crippen MR) is 83.0 cm³/mol. The molecule has 0 aliphatic rings. The van der Waals surface area contributed by atoms with Gasteiger partial charge in [-0.05, 0) is 47.4 Å². The molecular weight excluding hydrogens is 248 g/mol. The summed E-state index contributed by atoms with van der Waals surface area (Å²) in [6.07, 6.45) is 5.80. The summed E-state index contributed by atoms with van der Waals surface area (Å²) < 4.78 is 0. The van der Waals surface area contributed by atoms with Crippen molar-refractivity contribution < 1.29 is 9.59 Å². The van der Waals surface area contributed by atoms with E-state index in [0.29, 0.717) is 6.42 Å². The molecule has 0 unspecified atom stereocenters. The Balaban J connectivity index is 2.38. The Labute approximate surface area is 119 Å². The molecule has 0 spiro atoms. The van der Waals surface area contributed by atoms with Crippen molar-refractivity contribution in [3.05, 3.63) is 53.1 Å². The van der Waals surface area contributed by atoms with Crippen molar-refractivity contribution in [2.24, 2.45) is 0 Å². The molecule has 0 N–H and O–H groups in total. The van der Waals surface area contributed by atoms with Crippen molar-refractivity contribution in [3.8, 4) is 0 Å². The third-order valence-corrected chi connectivity index (χ3v) is 3.38. The smallest absolute Gasteiger partial charge is 0.155 e. The summed E-state index contributed by atoms with van der Waals surface area (Å²) in [5.74, 6) is 0.144. The van der Waals surface area contributed by atoms with Crippen LogP contribution in [0.25, 0.3) is 16.8 Å². The zero-order chi connectivity index (χ0) is 14.5. The lowest BCUT2D eigenvalue weighted by Crippen LogP contribution is -1.91. The Morgan fingerprint density at radius 3 is 2.70 bits per heavy atom. The predicted octanol–water partition coefficient (Wildman–Crippen LogP) is 4.34. The number of ketones is 1. The van der Waals surface area contributed by atoms with Crippen LogP contribution in [-0.2, 0) is 4.79 Å². The molecule has 2 nitrogen and oxygen atoms in total. The van der Waals surface area contributed by atoms with Crippen LogP contribution in [0.3, 0.4) is 0 Å². The van der Waals surface area contributed by atoms with Crippen LogP contribution >= 0.6 is 0 Å². The highest BCUT2D eigenvalue weighted by Crippen LogP contribution is 2.22. The Hall–Kier alpha value is -2.22. The largest absolute Gasteiger partial charge is 0.298 e. The van der Waals surface area contributed by atoms with Gasteiger partial charge in [-0.3, -0.25) is 9.59 Å². The molecule has 2 rings (SSSR count). The second kappa shape index (κ2) is 6.29. The van der Waals surface area contributed by atoms with E-state index in [1.54, 1.807) is 6.08 Å². The lowest BCUT2D eigenvalue weighted by molar-refractivity contribution is -0.114. The van der Waals surface area contributed by atoms with Gasteiger partial charge in [0.2, 0.25) is 0 Å². The topological polar surface area (TPSA) is 34.1 Å². The Bertz CT molecular complexity index is 681. The van der Waals surface area contributed by atoms with E-state index in [-0.39, 0.29) is 5.78 Å². The van der Waals surface area contributed by atoms with Gasteiger partial charge in [0.15, 0.2) is 12.1 Å². The number of carbonyl (C=O) groups is 2. The number of carbonyl (C=O) groups excluding carboxylic acids is 2. The van der Waals surface area contributed by atoms with Crippen LogP contribution in [-0.4, -0.2) is 12.1 Å². The van der Waals surface area contributed by atoms with E-state index in [1.807, 2.05) is 50.3 Å². The van der Waals surface area contributed by atoms with Gasteiger partial charge in [0.1, 0.15) is 0 Å². The minimum absolute atomic E-state index is 0.144. The highest BCUT2D eigenvalue weighted by atomic mass is 16.1. The van der Waals surface area contributed by atoms with E-state index in [0.717, 1.165) is 40.2 Å². The monoisotopic (exact) mass is 266 g/mol. The summed E-state index contributed by atoms with van der Waals surface area (Å²) in [5.41, 5.74) is 2.69. The average Bonchev–Trinajstić information content (AvgIpc) is 2.45. The van der Waals surface area contributed by atoms with Crippen molar-refractivity contribution in [1.29, 1.82) is 0 Å². The van der Waals surface area contributed by atoms with Gasteiger partial charge in [-0.15, -0.1) is 0 Å². The first kappa shape index (κ1) is 14.2. The van der Waals surface area contributed by atoms with Crippen LogP contribution in [0.1, 0.15) is 41.3 Å². The van der Waals surface area contributed by atoms with Crippen LogP contribution in [0.2, 0.25) is 0 Å². The summed E-state index contributed by atoms with van der Waals surface area (Å²) >= 11 is 0. The van der Waals surface area contributed by atoms with Crippen molar-refractivity contribution in [3.63, 3.8) is 0 Å². The third-order valence-electron chi connectivity index (χ3n) is 3.38. The highest BCUT2D eigenvalue weighted by Gasteiger charge is 2.04. The van der Waals surface area contributed by atoms with Gasteiger partial charge >= 0.3 is 0 Å². The minimum Gasteiger partial charge on any atom is -0.298 e. The maximum atomic E-state index is 11.5. The second-order valence-corrected chi connectivity index (χ2v) is 4.94. The quantitative estimate of drug-likeness (QED) is 0.596. The number of aryl methyl sites for hydroxylation is 1. The van der Waals surface area contributed by atoms with Gasteiger partial charge in [0.05, 0.1) is 0 Å². The van der Waals surface area contributed by atoms with Gasteiger partial charge in [0, 0.05) is 12.0 Å². The summed E-state index contributed by atoms with van der Waals surface area (Å²) in [7, 11) is 0. The highest BCUT2D eigenvalue weighted by molar-refractivity contribution is 6.00. The molecule has 0 heterocycles.